The average molecular weight is 853 g/mol. The Balaban J connectivity index is 1.64. The van der Waals surface area contributed by atoms with Crippen molar-refractivity contribution in [1.29, 1.82) is 0 Å². The molecule has 0 spiro atoms. The Morgan fingerprint density at radius 3 is 1.14 bits per heavy atom. The van der Waals surface area contributed by atoms with Gasteiger partial charge in [0.1, 0.15) is 9.79 Å². The first-order chi connectivity index (χ1) is 27.3. The fourth-order valence-corrected chi connectivity index (χ4v) is 6.01. The molecule has 0 amide bonds. The minimum atomic E-state index is -4.91. The second-order valence-electron chi connectivity index (χ2n) is 12.5. The zero-order chi connectivity index (χ0) is 42.6. The molecule has 2 heterocycles. The Kier molecular flexibility index (Phi) is 15.9. The van der Waals surface area contributed by atoms with Gasteiger partial charge < -0.3 is 62.5 Å². The normalized spacial score (nSPS) is 14.0. The maximum absolute atomic E-state index is 12.5. The molecule has 58 heavy (non-hydrogen) atoms. The standard InChI is InChI=1S/C32H44N12O12S2/c1-17(47)11-33-27-39-29(35-13-23(49)15-45)43-31(41-27)37-21-7-5-19(25(9-21)57(51,52)53)3-4-20-6-8-22(10-26(20)58(54,55)56)38-32-42-28(34-12-18(2)48)40-30(44-32)36-14-24(50)16-46/h3-10,17-18,23-24,45-50H,11-16H2,1-2H3,(H,51,52,53)(H,54,55,56)(H3,33,35,37,39,41,43)(H3,34,36,38,40,42,44)/b4-3+. The fourth-order valence-electron chi connectivity index (χ4n) is 4.59. The van der Waals surface area contributed by atoms with Gasteiger partial charge in [0.2, 0.25) is 35.7 Å². The Morgan fingerprint density at radius 2 is 0.845 bits per heavy atom. The first-order valence-electron chi connectivity index (χ1n) is 17.2. The summed E-state index contributed by atoms with van der Waals surface area (Å²) in [6.45, 7) is 1.79. The molecule has 4 atom stereocenters. The maximum atomic E-state index is 12.5. The summed E-state index contributed by atoms with van der Waals surface area (Å²) in [6, 6.07) is 7.46. The Labute approximate surface area is 332 Å². The molecule has 0 saturated carbocycles. The summed E-state index contributed by atoms with van der Waals surface area (Å²) in [5, 5.41) is 73.6. The minimum Gasteiger partial charge on any atom is -0.394 e. The van der Waals surface area contributed by atoms with Crippen LogP contribution >= 0.6 is 0 Å². The van der Waals surface area contributed by atoms with Crippen molar-refractivity contribution in [1.82, 2.24) is 29.9 Å². The third kappa shape index (κ3) is 14.2. The quantitative estimate of drug-likeness (QED) is 0.0344. The molecule has 0 saturated heterocycles. The number of rotatable bonds is 22. The zero-order valence-electron chi connectivity index (χ0n) is 30.9. The van der Waals surface area contributed by atoms with Crippen LogP contribution in [0.15, 0.2) is 46.2 Å². The largest absolute Gasteiger partial charge is 0.394 e. The summed E-state index contributed by atoms with van der Waals surface area (Å²) in [4.78, 5) is 23.7. The van der Waals surface area contributed by atoms with Crippen LogP contribution in [0.5, 0.6) is 0 Å². The monoisotopic (exact) mass is 852 g/mol. The predicted octanol–water partition coefficient (Wildman–Crippen LogP) is -0.677. The Bertz CT molecular complexity index is 2110. The lowest BCUT2D eigenvalue weighted by Crippen LogP contribution is -2.24. The molecule has 0 radical (unpaired) electrons. The first-order valence-corrected chi connectivity index (χ1v) is 20.1. The lowest BCUT2D eigenvalue weighted by Gasteiger charge is -2.14. The van der Waals surface area contributed by atoms with Crippen molar-refractivity contribution in [2.75, 3.05) is 71.3 Å². The molecule has 0 aliphatic carbocycles. The molecule has 2 aromatic heterocycles. The van der Waals surface area contributed by atoms with E-state index in [0.717, 1.165) is 12.1 Å². The second kappa shape index (κ2) is 20.3. The van der Waals surface area contributed by atoms with Crippen LogP contribution in [0.25, 0.3) is 12.2 Å². The highest BCUT2D eigenvalue weighted by atomic mass is 32.2. The topological polar surface area (TPSA) is 380 Å². The van der Waals surface area contributed by atoms with Gasteiger partial charge in [0.25, 0.3) is 20.2 Å². The van der Waals surface area contributed by atoms with Crippen molar-refractivity contribution in [3.8, 4) is 0 Å². The van der Waals surface area contributed by atoms with E-state index in [-0.39, 0.29) is 84.4 Å². The summed E-state index contributed by atoms with van der Waals surface area (Å²) < 4.78 is 70.3. The maximum Gasteiger partial charge on any atom is 0.295 e. The summed E-state index contributed by atoms with van der Waals surface area (Å²) in [7, 11) is -9.82. The van der Waals surface area contributed by atoms with Crippen LogP contribution in [0.3, 0.4) is 0 Å². The van der Waals surface area contributed by atoms with Gasteiger partial charge in [-0.05, 0) is 49.2 Å². The molecule has 4 aromatic rings. The molecule has 0 bridgehead atoms. The van der Waals surface area contributed by atoms with E-state index in [1.807, 2.05) is 0 Å². The van der Waals surface area contributed by atoms with Crippen LogP contribution in [-0.2, 0) is 20.2 Å². The van der Waals surface area contributed by atoms with Crippen LogP contribution in [-0.4, -0.2) is 150 Å². The zero-order valence-corrected chi connectivity index (χ0v) is 32.5. The van der Waals surface area contributed by atoms with E-state index in [4.69, 9.17) is 10.2 Å². The van der Waals surface area contributed by atoms with Gasteiger partial charge in [-0.2, -0.15) is 46.7 Å². The van der Waals surface area contributed by atoms with Gasteiger partial charge in [-0.25, -0.2) is 0 Å². The van der Waals surface area contributed by atoms with E-state index < -0.39 is 67.7 Å². The highest BCUT2D eigenvalue weighted by Crippen LogP contribution is 2.28. The summed E-state index contributed by atoms with van der Waals surface area (Å²) in [5.41, 5.74) is -0.0576. The molecular weight excluding hydrogens is 809 g/mol. The molecule has 316 valence electrons. The molecule has 24 nitrogen and oxygen atoms in total. The van der Waals surface area contributed by atoms with Crippen molar-refractivity contribution in [3.63, 3.8) is 0 Å². The number of hydrogen-bond acceptors (Lipinski definition) is 22. The SMILES string of the molecule is CC(O)CNc1nc(NCC(O)CO)nc(Nc2ccc(/C=C/c3ccc(Nc4nc(NCC(C)O)nc(NCC(O)CO)n4)cc3S(=O)(=O)O)c(S(=O)(=O)O)c2)n1. The van der Waals surface area contributed by atoms with Crippen molar-refractivity contribution in [2.45, 2.75) is 48.1 Å². The van der Waals surface area contributed by atoms with Crippen molar-refractivity contribution in [2.24, 2.45) is 0 Å². The molecule has 26 heteroatoms. The van der Waals surface area contributed by atoms with Crippen LogP contribution in [0, 0.1) is 0 Å². The van der Waals surface area contributed by atoms with E-state index in [0.29, 0.717) is 0 Å². The number of hydrogen-bond donors (Lipinski definition) is 14. The summed E-state index contributed by atoms with van der Waals surface area (Å²) in [5.74, 6) is -0.380. The number of anilines is 8. The summed E-state index contributed by atoms with van der Waals surface area (Å²) >= 11 is 0. The third-order valence-electron chi connectivity index (χ3n) is 7.33. The third-order valence-corrected chi connectivity index (χ3v) is 9.15. The number of aliphatic hydroxyl groups is 6. The number of nitrogens with zero attached hydrogens (tertiary/aromatic N) is 6. The second-order valence-corrected chi connectivity index (χ2v) is 15.3. The van der Waals surface area contributed by atoms with E-state index in [1.165, 1.54) is 50.3 Å². The number of benzene rings is 2. The smallest absolute Gasteiger partial charge is 0.295 e. The highest BCUT2D eigenvalue weighted by Gasteiger charge is 2.19. The van der Waals surface area contributed by atoms with E-state index in [1.54, 1.807) is 0 Å². The Morgan fingerprint density at radius 1 is 0.534 bits per heavy atom. The predicted molar refractivity (Wildman–Crippen MR) is 211 cm³/mol. The molecule has 0 aliphatic heterocycles. The summed E-state index contributed by atoms with van der Waals surface area (Å²) in [6.07, 6.45) is -1.46. The van der Waals surface area contributed by atoms with Gasteiger partial charge in [0.05, 0.1) is 37.6 Å². The molecule has 2 aromatic carbocycles. The highest BCUT2D eigenvalue weighted by molar-refractivity contribution is 7.86. The van der Waals surface area contributed by atoms with Gasteiger partial charge in [0.15, 0.2) is 0 Å². The average Bonchev–Trinajstić information content (AvgIpc) is 3.16. The number of aliphatic hydroxyl groups excluding tert-OH is 6. The van der Waals surface area contributed by atoms with Gasteiger partial charge >= 0.3 is 0 Å². The van der Waals surface area contributed by atoms with E-state index in [2.05, 4.69) is 61.8 Å². The molecule has 4 rings (SSSR count). The van der Waals surface area contributed by atoms with Crippen molar-refractivity contribution >= 4 is 79.5 Å². The van der Waals surface area contributed by atoms with Crippen LogP contribution < -0.4 is 31.9 Å². The van der Waals surface area contributed by atoms with Gasteiger partial charge in [-0.1, -0.05) is 24.3 Å². The van der Waals surface area contributed by atoms with Gasteiger partial charge in [-0.3, -0.25) is 9.11 Å². The lowest BCUT2D eigenvalue weighted by atomic mass is 10.1. The lowest BCUT2D eigenvalue weighted by molar-refractivity contribution is 0.105. The molecular formula is C32H44N12O12S2. The van der Waals surface area contributed by atoms with Crippen molar-refractivity contribution < 1.29 is 56.6 Å². The molecule has 4 unspecified atom stereocenters. The number of aromatic nitrogens is 6. The molecule has 0 fully saturated rings. The van der Waals surface area contributed by atoms with Gasteiger partial charge in [0, 0.05) is 37.6 Å². The van der Waals surface area contributed by atoms with Gasteiger partial charge in [-0.15, -0.1) is 0 Å². The van der Waals surface area contributed by atoms with E-state index >= 15 is 0 Å². The number of nitrogens with one attached hydrogen (secondary N) is 6. The Hall–Kier alpha value is -5.42. The van der Waals surface area contributed by atoms with Crippen LogP contribution in [0.4, 0.5) is 47.1 Å². The molecule has 14 N–H and O–H groups in total. The van der Waals surface area contributed by atoms with Crippen LogP contribution in [0.2, 0.25) is 0 Å². The fraction of sp³-hybridized carbons (Fsp3) is 0.375. The first kappa shape index (κ1) is 45.3. The molecule has 0 aliphatic rings. The minimum absolute atomic E-state index is 0.00989. The van der Waals surface area contributed by atoms with E-state index in [9.17, 15) is 46.4 Å². The van der Waals surface area contributed by atoms with Crippen molar-refractivity contribution in [3.05, 3.63) is 47.5 Å². The van der Waals surface area contributed by atoms with Crippen LogP contribution in [0.1, 0.15) is 25.0 Å².